The number of likely N-dealkylation sites (N-methyl/N-ethyl adjacent to an activating group) is 1. The van der Waals surface area contributed by atoms with Crippen LogP contribution in [0.5, 0.6) is 0 Å². The lowest BCUT2D eigenvalue weighted by molar-refractivity contribution is -0.178. The molecule has 4 atom stereocenters. The average Bonchev–Trinajstić information content (AvgIpc) is 3.48. The van der Waals surface area contributed by atoms with Crippen LogP contribution in [0, 0.1) is 12.8 Å². The van der Waals surface area contributed by atoms with E-state index in [2.05, 4.69) is 42.3 Å². The van der Waals surface area contributed by atoms with Gasteiger partial charge in [0.2, 0.25) is 0 Å². The smallest absolute Gasteiger partial charge is 0.317 e. The molecule has 5 nitrogen and oxygen atoms in total. The molecule has 30 heavy (non-hydrogen) atoms. The van der Waals surface area contributed by atoms with Gasteiger partial charge in [-0.05, 0) is 82.4 Å². The van der Waals surface area contributed by atoms with Crippen LogP contribution in [0.3, 0.4) is 0 Å². The minimum absolute atomic E-state index is 0.0716. The van der Waals surface area contributed by atoms with Gasteiger partial charge in [0.15, 0.2) is 0 Å². The molecule has 162 valence electrons. The predicted octanol–water partition coefficient (Wildman–Crippen LogP) is 2.97. The van der Waals surface area contributed by atoms with Crippen LogP contribution in [0.2, 0.25) is 0 Å². The Morgan fingerprint density at radius 2 is 2.07 bits per heavy atom. The summed E-state index contributed by atoms with van der Waals surface area (Å²) in [7, 11) is 0. The minimum Gasteiger partial charge on any atom is -0.387 e. The molecule has 1 aromatic rings. The van der Waals surface area contributed by atoms with Crippen molar-refractivity contribution in [2.24, 2.45) is 5.92 Å². The molecule has 0 radical (unpaired) electrons. The SMILES string of the molecule is CCN1C[C@@]2(CC[C@@]3(O)[C@H]4Cc5ccc(C)cc5[C@@]3(CCN4CC3CC3)C2)NC1=O. The molecule has 2 heterocycles. The lowest BCUT2D eigenvalue weighted by Gasteiger charge is -2.66. The van der Waals surface area contributed by atoms with Crippen LogP contribution in [-0.4, -0.2) is 64.3 Å². The number of urea groups is 1. The molecule has 0 aromatic heterocycles. The number of benzene rings is 1. The van der Waals surface area contributed by atoms with Crippen molar-refractivity contribution >= 4 is 6.03 Å². The standard InChI is InChI=1S/C25H35N3O2/c1-3-27-16-23(26-22(27)29)8-9-25(30)21-13-19-7-4-17(2)12-20(19)24(25,15-23)10-11-28(21)14-18-5-6-18/h4,7,12,18,21,30H,3,5-6,8-11,13-16H2,1-2H3,(H,26,29)/t21-,23+,24-,25-/m1/s1. The van der Waals surface area contributed by atoms with Crippen molar-refractivity contribution in [1.82, 2.24) is 15.1 Å². The van der Waals surface area contributed by atoms with Gasteiger partial charge in [0, 0.05) is 31.1 Å². The number of piperidine rings is 1. The second-order valence-electron chi connectivity index (χ2n) is 11.0. The number of carbonyl (C=O) groups is 1. The highest BCUT2D eigenvalue weighted by atomic mass is 16.3. The van der Waals surface area contributed by atoms with Crippen molar-refractivity contribution in [3.05, 3.63) is 34.9 Å². The zero-order chi connectivity index (χ0) is 20.7. The minimum atomic E-state index is -0.698. The first-order valence-electron chi connectivity index (χ1n) is 12.0. The van der Waals surface area contributed by atoms with E-state index in [4.69, 9.17) is 0 Å². The maximum Gasteiger partial charge on any atom is 0.317 e. The molecule has 2 aliphatic heterocycles. The maximum absolute atomic E-state index is 12.6. The van der Waals surface area contributed by atoms with Gasteiger partial charge in [-0.3, -0.25) is 4.90 Å². The Balaban J connectivity index is 1.45. The number of likely N-dealkylation sites (tertiary alicyclic amines) is 1. The van der Waals surface area contributed by atoms with E-state index < -0.39 is 5.60 Å². The van der Waals surface area contributed by atoms with Gasteiger partial charge in [-0.1, -0.05) is 23.8 Å². The van der Waals surface area contributed by atoms with Gasteiger partial charge in [0.1, 0.15) is 0 Å². The van der Waals surface area contributed by atoms with E-state index in [1.165, 1.54) is 29.5 Å². The van der Waals surface area contributed by atoms with Crippen LogP contribution in [0.25, 0.3) is 0 Å². The molecule has 2 saturated heterocycles. The molecular weight excluding hydrogens is 374 g/mol. The van der Waals surface area contributed by atoms with Crippen molar-refractivity contribution in [3.63, 3.8) is 0 Å². The van der Waals surface area contributed by atoms with Crippen molar-refractivity contribution < 1.29 is 9.90 Å². The fourth-order valence-corrected chi connectivity index (χ4v) is 7.48. The summed E-state index contributed by atoms with van der Waals surface area (Å²) in [5.41, 5.74) is 2.90. The van der Waals surface area contributed by atoms with Gasteiger partial charge >= 0.3 is 6.03 Å². The Kier molecular flexibility index (Phi) is 3.97. The third kappa shape index (κ3) is 2.51. The molecule has 2 amide bonds. The molecular formula is C25H35N3O2. The zero-order valence-corrected chi connectivity index (χ0v) is 18.4. The monoisotopic (exact) mass is 409 g/mol. The highest BCUT2D eigenvalue weighted by Crippen LogP contribution is 2.61. The van der Waals surface area contributed by atoms with Crippen molar-refractivity contribution in [2.45, 2.75) is 81.4 Å². The van der Waals surface area contributed by atoms with Crippen LogP contribution in [0.1, 0.15) is 62.1 Å². The number of hydrogen-bond donors (Lipinski definition) is 2. The molecule has 2 N–H and O–H groups in total. The van der Waals surface area contributed by atoms with Crippen molar-refractivity contribution in [2.75, 3.05) is 26.2 Å². The second-order valence-corrected chi connectivity index (χ2v) is 11.0. The predicted molar refractivity (Wildman–Crippen MR) is 117 cm³/mol. The number of fused-ring (bicyclic) bond motifs is 1. The molecule has 1 spiro atoms. The number of rotatable bonds is 3. The number of amides is 2. The summed E-state index contributed by atoms with van der Waals surface area (Å²) in [6.45, 7) is 7.96. The fourth-order valence-electron chi connectivity index (χ4n) is 7.48. The lowest BCUT2D eigenvalue weighted by Crippen LogP contribution is -2.76. The normalized spacial score (nSPS) is 40.3. The number of aryl methyl sites for hydroxylation is 1. The summed E-state index contributed by atoms with van der Waals surface area (Å²) in [6.07, 6.45) is 7.18. The number of carbonyl (C=O) groups excluding carboxylic acids is 1. The van der Waals surface area contributed by atoms with Crippen molar-refractivity contribution in [3.8, 4) is 0 Å². The van der Waals surface area contributed by atoms with E-state index in [1.54, 1.807) is 0 Å². The van der Waals surface area contributed by atoms with Crippen LogP contribution in [0.4, 0.5) is 4.79 Å². The number of nitrogens with zero attached hydrogens (tertiary/aromatic N) is 2. The van der Waals surface area contributed by atoms with Gasteiger partial charge in [-0.25, -0.2) is 4.79 Å². The highest BCUT2D eigenvalue weighted by Gasteiger charge is 2.68. The molecule has 3 aliphatic carbocycles. The molecule has 1 aromatic carbocycles. The maximum atomic E-state index is 12.6. The largest absolute Gasteiger partial charge is 0.387 e. The number of hydrogen-bond acceptors (Lipinski definition) is 3. The zero-order valence-electron chi connectivity index (χ0n) is 18.4. The average molecular weight is 410 g/mol. The molecule has 4 fully saturated rings. The second kappa shape index (κ2) is 6.23. The first kappa shape index (κ1) is 19.1. The number of aliphatic hydroxyl groups is 1. The highest BCUT2D eigenvalue weighted by molar-refractivity contribution is 5.78. The quantitative estimate of drug-likeness (QED) is 0.807. The Morgan fingerprint density at radius 1 is 1.23 bits per heavy atom. The van der Waals surface area contributed by atoms with Gasteiger partial charge in [0.05, 0.1) is 11.1 Å². The summed E-state index contributed by atoms with van der Waals surface area (Å²) in [6, 6.07) is 7.17. The molecule has 0 unspecified atom stereocenters. The molecule has 5 heteroatoms. The molecule has 2 bridgehead atoms. The summed E-state index contributed by atoms with van der Waals surface area (Å²) >= 11 is 0. The molecule has 2 saturated carbocycles. The molecule has 6 rings (SSSR count). The number of nitrogens with one attached hydrogen (secondary N) is 1. The van der Waals surface area contributed by atoms with E-state index in [9.17, 15) is 9.90 Å². The van der Waals surface area contributed by atoms with E-state index in [-0.39, 0.29) is 23.0 Å². The van der Waals surface area contributed by atoms with Crippen LogP contribution in [-0.2, 0) is 11.8 Å². The van der Waals surface area contributed by atoms with E-state index in [0.717, 1.165) is 64.2 Å². The topological polar surface area (TPSA) is 55.8 Å². The summed E-state index contributed by atoms with van der Waals surface area (Å²) in [5.74, 6) is 0.836. The van der Waals surface area contributed by atoms with Gasteiger partial charge in [-0.2, -0.15) is 0 Å². The van der Waals surface area contributed by atoms with Gasteiger partial charge in [0.25, 0.3) is 0 Å². The van der Waals surface area contributed by atoms with Crippen molar-refractivity contribution in [1.29, 1.82) is 0 Å². The fraction of sp³-hybridized carbons (Fsp3) is 0.720. The molecule has 5 aliphatic rings. The van der Waals surface area contributed by atoms with Gasteiger partial charge < -0.3 is 15.3 Å². The third-order valence-electron chi connectivity index (χ3n) is 9.19. The Morgan fingerprint density at radius 3 is 2.80 bits per heavy atom. The Hall–Kier alpha value is -1.59. The first-order valence-corrected chi connectivity index (χ1v) is 12.0. The first-order chi connectivity index (χ1) is 14.4. The lowest BCUT2D eigenvalue weighted by atomic mass is 9.46. The Labute approximate surface area is 179 Å². The summed E-state index contributed by atoms with van der Waals surface area (Å²) in [5, 5.41) is 15.8. The van der Waals surface area contributed by atoms with E-state index in [0.29, 0.717) is 0 Å². The van der Waals surface area contributed by atoms with Gasteiger partial charge in [-0.15, -0.1) is 0 Å². The Bertz CT molecular complexity index is 898. The van der Waals surface area contributed by atoms with E-state index in [1.807, 2.05) is 4.90 Å². The summed E-state index contributed by atoms with van der Waals surface area (Å²) < 4.78 is 0. The van der Waals surface area contributed by atoms with Crippen LogP contribution in [0.15, 0.2) is 18.2 Å². The summed E-state index contributed by atoms with van der Waals surface area (Å²) in [4.78, 5) is 17.2. The van der Waals surface area contributed by atoms with Crippen LogP contribution < -0.4 is 5.32 Å². The van der Waals surface area contributed by atoms with Crippen LogP contribution >= 0.6 is 0 Å². The van der Waals surface area contributed by atoms with E-state index >= 15 is 0 Å². The third-order valence-corrected chi connectivity index (χ3v) is 9.19.